The molecule has 2 aromatic heterocycles. The fourth-order valence-corrected chi connectivity index (χ4v) is 12.4. The first-order valence-electron chi connectivity index (χ1n) is 36.1. The molecule has 11 N–H and O–H groups in total. The first kappa shape index (κ1) is 84.3. The van der Waals surface area contributed by atoms with Crippen LogP contribution in [0.25, 0.3) is 22.3 Å². The maximum absolute atomic E-state index is 14.5. The van der Waals surface area contributed by atoms with Gasteiger partial charge in [0.1, 0.15) is 30.8 Å². The molecule has 6 rings (SSSR count). The van der Waals surface area contributed by atoms with Crippen LogP contribution in [0, 0.1) is 5.92 Å². The van der Waals surface area contributed by atoms with Gasteiger partial charge in [-0.2, -0.15) is 0 Å². The van der Waals surface area contributed by atoms with Crippen LogP contribution < -0.4 is 49.3 Å². The molecule has 5 heterocycles. The summed E-state index contributed by atoms with van der Waals surface area (Å²) in [6, 6.07) is 4.72. The second-order valence-corrected chi connectivity index (χ2v) is 26.3. The smallest absolute Gasteiger partial charge is 0.355 e. The third-order valence-electron chi connectivity index (χ3n) is 18.2. The molecule has 1 aromatic carbocycles. The van der Waals surface area contributed by atoms with Gasteiger partial charge in [-0.1, -0.05) is 45.9 Å². The van der Waals surface area contributed by atoms with Crippen LogP contribution in [-0.2, 0) is 106 Å². The molecule has 3 aliphatic rings. The second kappa shape index (κ2) is 44.2. The van der Waals surface area contributed by atoms with E-state index in [-0.39, 0.29) is 101 Å². The Hall–Kier alpha value is -7.63. The number of fused-ring (bicyclic) bond motifs is 5. The van der Waals surface area contributed by atoms with E-state index in [0.717, 1.165) is 22.0 Å². The number of nitrogens with one attached hydrogen (secondary N) is 5. The van der Waals surface area contributed by atoms with Crippen LogP contribution in [0.15, 0.2) is 35.1 Å². The van der Waals surface area contributed by atoms with Gasteiger partial charge in [0.2, 0.25) is 47.0 Å². The van der Waals surface area contributed by atoms with Gasteiger partial charge in [0.05, 0.1) is 121 Å². The number of carbonyl (C=O) groups is 9. The van der Waals surface area contributed by atoms with Crippen LogP contribution in [0.3, 0.4) is 0 Å². The Morgan fingerprint density at radius 1 is 0.699 bits per heavy atom. The minimum absolute atomic E-state index is 0.0342. The zero-order chi connectivity index (χ0) is 74.8. The van der Waals surface area contributed by atoms with Gasteiger partial charge in [-0.3, -0.25) is 43.3 Å². The Balaban J connectivity index is 0.941. The summed E-state index contributed by atoms with van der Waals surface area (Å²) in [4.78, 5) is 149. The Bertz CT molecular complexity index is 3340. The number of primary amides is 1. The van der Waals surface area contributed by atoms with Gasteiger partial charge in [0.25, 0.3) is 5.56 Å². The number of nitrogens with two attached hydrogens (primary N) is 3. The second-order valence-electron chi connectivity index (χ2n) is 26.3. The highest BCUT2D eigenvalue weighted by atomic mass is 16.6. The monoisotopic (exact) mass is 1450 g/mol. The number of hydrogen-bond donors (Lipinski definition) is 8. The number of nitrogens with zero attached hydrogens (tertiary/aromatic N) is 6. The van der Waals surface area contributed by atoms with Crippen molar-refractivity contribution in [2.75, 3.05) is 172 Å². The highest BCUT2D eigenvalue weighted by Gasteiger charge is 2.52. The maximum Gasteiger partial charge on any atom is 0.355 e. The van der Waals surface area contributed by atoms with E-state index in [0.29, 0.717) is 162 Å². The van der Waals surface area contributed by atoms with E-state index < -0.39 is 83.2 Å². The van der Waals surface area contributed by atoms with E-state index in [2.05, 4.69) is 31.5 Å². The van der Waals surface area contributed by atoms with Crippen molar-refractivity contribution in [3.63, 3.8) is 0 Å². The van der Waals surface area contributed by atoms with Crippen molar-refractivity contribution in [2.45, 2.75) is 135 Å². The number of cyclic esters (lactones) is 1. The third kappa shape index (κ3) is 25.9. The highest BCUT2D eigenvalue weighted by molar-refractivity contribution is 5.97. The van der Waals surface area contributed by atoms with Crippen molar-refractivity contribution in [2.24, 2.45) is 23.1 Å². The van der Waals surface area contributed by atoms with E-state index in [9.17, 15) is 47.9 Å². The van der Waals surface area contributed by atoms with Crippen LogP contribution in [0.2, 0.25) is 0 Å². The minimum atomic E-state index is -2.07. The van der Waals surface area contributed by atoms with E-state index >= 15 is 0 Å². The summed E-state index contributed by atoms with van der Waals surface area (Å²) >= 11 is 0. The average Bonchev–Trinajstić information content (AvgIpc) is 1.64. The molecule has 0 bridgehead atoms. The number of pyridine rings is 2. The first-order valence-corrected chi connectivity index (χ1v) is 36.1. The van der Waals surface area contributed by atoms with E-state index in [1.807, 2.05) is 50.2 Å². The molecule has 103 heavy (non-hydrogen) atoms. The summed E-state index contributed by atoms with van der Waals surface area (Å²) < 4.78 is 45.9. The number of carbonyl (C=O) groups excluding carboxylic acids is 9. The lowest BCUT2D eigenvalue weighted by atomic mass is 9.85. The molecular formula is C71H112N14O18. The van der Waals surface area contributed by atoms with Crippen molar-refractivity contribution >= 4 is 64.2 Å². The van der Waals surface area contributed by atoms with Crippen molar-refractivity contribution in [3.05, 3.63) is 62.9 Å². The van der Waals surface area contributed by atoms with Gasteiger partial charge in [0.15, 0.2) is 0 Å². The Morgan fingerprint density at radius 2 is 1.29 bits per heavy atom. The highest BCUT2D eigenvalue weighted by Crippen LogP contribution is 2.42. The molecular weight excluding hydrogens is 1340 g/mol. The summed E-state index contributed by atoms with van der Waals surface area (Å²) in [5.74, 6) is -6.14. The molecule has 32 nitrogen and oxygen atoms in total. The van der Waals surface area contributed by atoms with Gasteiger partial charge in [0, 0.05) is 94.8 Å². The number of amides is 7. The number of aromatic nitrogens is 2. The molecule has 3 aliphatic heterocycles. The molecule has 7 amide bonds. The zero-order valence-electron chi connectivity index (χ0n) is 61.3. The topological polar surface area (TPSA) is 414 Å². The van der Waals surface area contributed by atoms with Gasteiger partial charge < -0.3 is 101 Å². The number of likely N-dealkylation sites (N-methyl/N-ethyl adjacent to an activating group) is 3. The van der Waals surface area contributed by atoms with Crippen molar-refractivity contribution < 1.29 is 81.0 Å². The van der Waals surface area contributed by atoms with Crippen molar-refractivity contribution in [3.8, 4) is 11.4 Å². The van der Waals surface area contributed by atoms with E-state index in [1.165, 1.54) is 4.90 Å². The number of benzene rings is 1. The molecule has 0 radical (unpaired) electrons. The molecule has 5 atom stereocenters. The molecule has 32 heteroatoms. The predicted molar refractivity (Wildman–Crippen MR) is 382 cm³/mol. The maximum atomic E-state index is 14.5. The lowest BCUT2D eigenvalue weighted by molar-refractivity contribution is -0.191. The van der Waals surface area contributed by atoms with Crippen LogP contribution in [0.5, 0.6) is 0 Å². The van der Waals surface area contributed by atoms with E-state index in [4.69, 9.17) is 60.1 Å². The summed E-state index contributed by atoms with van der Waals surface area (Å²) in [5.41, 5.74) is 18.1. The minimum Gasteiger partial charge on any atom is -0.457 e. The number of ether oxygens (including phenoxy) is 8. The molecule has 0 unspecified atom stereocenters. The number of aryl methyl sites for hydroxylation is 1. The van der Waals surface area contributed by atoms with Crippen LogP contribution >= 0.6 is 0 Å². The number of para-hydroxylation sites is 1. The lowest BCUT2D eigenvalue weighted by Crippen LogP contribution is -2.58. The summed E-state index contributed by atoms with van der Waals surface area (Å²) in [7, 11) is 5.58. The molecule has 0 aliphatic carbocycles. The number of hydrogen-bond acceptors (Lipinski definition) is 24. The summed E-state index contributed by atoms with van der Waals surface area (Å²) in [5, 5.41) is 15.1. The van der Waals surface area contributed by atoms with Crippen molar-refractivity contribution in [1.82, 2.24) is 55.7 Å². The number of unbranched alkanes of at least 4 members (excludes halogenated alkanes) is 1. The quantitative estimate of drug-likeness (QED) is 0.0197. The molecule has 0 saturated carbocycles. The average molecular weight is 1450 g/mol. The first-order chi connectivity index (χ1) is 49.6. The number of likely N-dealkylation sites (tertiary alicyclic amines) is 1. The summed E-state index contributed by atoms with van der Waals surface area (Å²) in [6.07, 6.45) is 2.27. The summed E-state index contributed by atoms with van der Waals surface area (Å²) in [6.45, 7) is 15.5. The lowest BCUT2D eigenvalue weighted by Gasteiger charge is -2.37. The normalized spacial score (nSPS) is 16.3. The predicted octanol–water partition coefficient (Wildman–Crippen LogP) is -0.835. The fourth-order valence-electron chi connectivity index (χ4n) is 12.4. The van der Waals surface area contributed by atoms with Crippen molar-refractivity contribution in [1.29, 1.82) is 0 Å². The number of esters is 2. The SMILES string of the molecule is CCc1c2c(nc3ccccc13)-c1cc3c(c(=O)n1C2)COC(=O)[C@@]3(CC)OC(=O)[C@@H](NC(=O)[C@@H]1CCCN1C(=O)[C@H](CC(N)=O)NC(=O)CN(C)CCN(C)CCN(C)CCNC(=O)[C@H](CCCCNC(=O)CCOCCOCCOCCN)NC(=O)CCOCCOCCOCCN)C(C)C. The van der Waals surface area contributed by atoms with Gasteiger partial charge >= 0.3 is 11.9 Å². The van der Waals surface area contributed by atoms with Gasteiger partial charge in [-0.15, -0.1) is 0 Å². The Kier molecular flexibility index (Phi) is 36.2. The van der Waals surface area contributed by atoms with Gasteiger partial charge in [-0.05, 0) is 89.7 Å². The molecule has 0 spiro atoms. The molecule has 3 aromatic rings. The standard InChI is InChI=1S/C71H112N14O18/c1-8-49-50-15-10-11-16-54(50)79-64-51(49)45-85-58(64)43-53-52(67(85)92)47-102-70(95)71(53,9-2)103-69(94)63(48(3)4)80-66(91)57-18-14-25-84(57)68(93)56(44-59(74)86)78-62(89)46-83(7)30-29-82(6)28-27-81(5)26-24-76-65(90)55(77-61(88)20-32-97-36-40-101-42-38-99-34-22-73)17-12-13-23-75-60(87)19-31-96-35-39-100-41-37-98-33-21-72/h10-11,15-16,43,48,55-57,63H,8-9,12-14,17-42,44-47,72-73H2,1-7H3,(H2,74,86)(H,75,87)(H,76,90)(H,77,88)(H,78,89)(H,80,91)/t55-,56-,57-,63-,71-/m0/s1. The van der Waals surface area contributed by atoms with Crippen LogP contribution in [0.4, 0.5) is 0 Å². The largest absolute Gasteiger partial charge is 0.457 e. The van der Waals surface area contributed by atoms with Crippen LogP contribution in [0.1, 0.15) is 108 Å². The fraction of sp³-hybridized carbons (Fsp3) is 0.676. The zero-order valence-corrected chi connectivity index (χ0v) is 61.3. The third-order valence-corrected chi connectivity index (χ3v) is 18.2. The number of rotatable bonds is 51. The molecule has 1 fully saturated rings. The Labute approximate surface area is 603 Å². The van der Waals surface area contributed by atoms with Gasteiger partial charge in [-0.25, -0.2) is 14.6 Å². The van der Waals surface area contributed by atoms with Crippen LogP contribution in [-0.4, -0.2) is 279 Å². The molecule has 574 valence electrons. The molecule has 1 saturated heterocycles. The Morgan fingerprint density at radius 3 is 1.90 bits per heavy atom. The van der Waals surface area contributed by atoms with E-state index in [1.54, 1.807) is 43.4 Å².